The highest BCUT2D eigenvalue weighted by atomic mass is 32.1. The number of hydrogen-bond donors (Lipinski definition) is 1. The average molecular weight is 144 g/mol. The molecule has 0 atom stereocenters. The SMILES string of the molecule is CC(=CS)CC(C)(C)C. The first-order valence-corrected chi connectivity index (χ1v) is 3.77. The van der Waals surface area contributed by atoms with Crippen LogP contribution in [0, 0.1) is 5.41 Å². The van der Waals surface area contributed by atoms with E-state index < -0.39 is 0 Å². The van der Waals surface area contributed by atoms with Gasteiger partial charge in [-0.25, -0.2) is 0 Å². The first kappa shape index (κ1) is 9.09. The summed E-state index contributed by atoms with van der Waals surface area (Å²) in [5, 5.41) is 1.88. The highest BCUT2D eigenvalue weighted by molar-refractivity contribution is 7.83. The van der Waals surface area contributed by atoms with Crippen LogP contribution in [0.1, 0.15) is 34.1 Å². The molecule has 54 valence electrons. The molecular weight excluding hydrogens is 128 g/mol. The van der Waals surface area contributed by atoms with Gasteiger partial charge in [-0.1, -0.05) is 26.3 Å². The van der Waals surface area contributed by atoms with Crippen LogP contribution in [-0.4, -0.2) is 0 Å². The maximum Gasteiger partial charge on any atom is -0.0266 e. The fourth-order valence-electron chi connectivity index (χ4n) is 0.882. The van der Waals surface area contributed by atoms with E-state index in [0.29, 0.717) is 5.41 Å². The van der Waals surface area contributed by atoms with Crippen molar-refractivity contribution in [1.29, 1.82) is 0 Å². The molecule has 0 aliphatic rings. The molecule has 0 unspecified atom stereocenters. The minimum atomic E-state index is 0.406. The highest BCUT2D eigenvalue weighted by Gasteiger charge is 2.09. The molecule has 0 aliphatic carbocycles. The zero-order valence-electron chi connectivity index (χ0n) is 6.73. The maximum atomic E-state index is 4.07. The Morgan fingerprint density at radius 2 is 1.89 bits per heavy atom. The molecule has 0 rings (SSSR count). The van der Waals surface area contributed by atoms with Crippen LogP contribution >= 0.6 is 12.6 Å². The van der Waals surface area contributed by atoms with E-state index in [1.54, 1.807) is 0 Å². The van der Waals surface area contributed by atoms with Crippen molar-refractivity contribution < 1.29 is 0 Å². The van der Waals surface area contributed by atoms with E-state index in [1.807, 2.05) is 5.41 Å². The number of thiol groups is 1. The van der Waals surface area contributed by atoms with E-state index in [2.05, 4.69) is 40.3 Å². The summed E-state index contributed by atoms with van der Waals surface area (Å²) in [4.78, 5) is 0. The largest absolute Gasteiger partial charge is 0.151 e. The summed E-state index contributed by atoms with van der Waals surface area (Å²) in [6.45, 7) is 8.80. The Kier molecular flexibility index (Phi) is 3.34. The molecular formula is C8H16S. The van der Waals surface area contributed by atoms with Crippen molar-refractivity contribution in [3.8, 4) is 0 Å². The van der Waals surface area contributed by atoms with Crippen molar-refractivity contribution >= 4 is 12.6 Å². The van der Waals surface area contributed by atoms with Crippen molar-refractivity contribution in [3.63, 3.8) is 0 Å². The van der Waals surface area contributed by atoms with Crippen LogP contribution in [0.4, 0.5) is 0 Å². The van der Waals surface area contributed by atoms with Gasteiger partial charge in [0.25, 0.3) is 0 Å². The van der Waals surface area contributed by atoms with Crippen molar-refractivity contribution in [2.75, 3.05) is 0 Å². The van der Waals surface area contributed by atoms with Gasteiger partial charge < -0.3 is 0 Å². The molecule has 0 saturated heterocycles. The molecule has 0 bridgehead atoms. The summed E-state index contributed by atoms with van der Waals surface area (Å²) >= 11 is 4.07. The average Bonchev–Trinajstić information content (AvgIpc) is 1.62. The van der Waals surface area contributed by atoms with Gasteiger partial charge in [0.2, 0.25) is 0 Å². The molecule has 0 radical (unpaired) electrons. The Morgan fingerprint density at radius 3 is 2.00 bits per heavy atom. The number of rotatable bonds is 1. The fourth-order valence-corrected chi connectivity index (χ4v) is 0.973. The number of hydrogen-bond acceptors (Lipinski definition) is 1. The van der Waals surface area contributed by atoms with Crippen molar-refractivity contribution in [2.45, 2.75) is 34.1 Å². The zero-order chi connectivity index (χ0) is 7.49. The monoisotopic (exact) mass is 144 g/mol. The van der Waals surface area contributed by atoms with Gasteiger partial charge in [-0.05, 0) is 24.2 Å². The lowest BCUT2D eigenvalue weighted by atomic mass is 9.89. The second-order valence-electron chi connectivity index (χ2n) is 3.71. The van der Waals surface area contributed by atoms with Crippen LogP contribution < -0.4 is 0 Å². The van der Waals surface area contributed by atoms with E-state index in [0.717, 1.165) is 6.42 Å². The third kappa shape index (κ3) is 5.97. The Labute approximate surface area is 63.8 Å². The molecule has 0 amide bonds. The lowest BCUT2D eigenvalue weighted by Crippen LogP contribution is -2.04. The molecule has 0 aromatic rings. The summed E-state index contributed by atoms with van der Waals surface area (Å²) in [7, 11) is 0. The standard InChI is InChI=1S/C8H16S/c1-7(6-9)5-8(2,3)4/h6,9H,5H2,1-4H3. The molecule has 0 aromatic heterocycles. The molecule has 1 heteroatoms. The van der Waals surface area contributed by atoms with Crippen LogP contribution in [0.15, 0.2) is 11.0 Å². The van der Waals surface area contributed by atoms with Crippen LogP contribution in [0.25, 0.3) is 0 Å². The molecule has 0 spiro atoms. The lowest BCUT2D eigenvalue weighted by molar-refractivity contribution is 0.410. The molecule has 0 fully saturated rings. The maximum absolute atomic E-state index is 4.07. The van der Waals surface area contributed by atoms with Gasteiger partial charge in [-0.15, -0.1) is 0 Å². The second-order valence-corrected chi connectivity index (χ2v) is 3.97. The lowest BCUT2D eigenvalue weighted by Gasteiger charge is -2.17. The molecule has 0 aliphatic heterocycles. The quantitative estimate of drug-likeness (QED) is 0.537. The molecule has 0 nitrogen and oxygen atoms in total. The molecule has 0 aromatic carbocycles. The summed E-state index contributed by atoms with van der Waals surface area (Å²) in [6, 6.07) is 0. The van der Waals surface area contributed by atoms with Crippen molar-refractivity contribution in [2.24, 2.45) is 5.41 Å². The second kappa shape index (κ2) is 3.31. The number of allylic oxidation sites excluding steroid dienone is 1. The molecule has 9 heavy (non-hydrogen) atoms. The van der Waals surface area contributed by atoms with Crippen LogP contribution in [-0.2, 0) is 0 Å². The Hall–Kier alpha value is 0.0900. The van der Waals surface area contributed by atoms with Crippen molar-refractivity contribution in [1.82, 2.24) is 0 Å². The molecule has 0 N–H and O–H groups in total. The van der Waals surface area contributed by atoms with Crippen LogP contribution in [0.3, 0.4) is 0 Å². The third-order valence-electron chi connectivity index (χ3n) is 1.03. The van der Waals surface area contributed by atoms with Gasteiger partial charge in [-0.3, -0.25) is 0 Å². The van der Waals surface area contributed by atoms with Crippen molar-refractivity contribution in [3.05, 3.63) is 11.0 Å². The third-order valence-corrected chi connectivity index (χ3v) is 1.47. The minimum Gasteiger partial charge on any atom is -0.151 e. The summed E-state index contributed by atoms with van der Waals surface area (Å²) in [5.74, 6) is 0. The summed E-state index contributed by atoms with van der Waals surface area (Å²) in [6.07, 6.45) is 1.14. The Bertz CT molecular complexity index is 106. The fraction of sp³-hybridized carbons (Fsp3) is 0.750. The van der Waals surface area contributed by atoms with Crippen LogP contribution in [0.2, 0.25) is 0 Å². The Balaban J connectivity index is 3.75. The summed E-state index contributed by atoms with van der Waals surface area (Å²) in [5.41, 5.74) is 1.76. The molecule has 0 saturated carbocycles. The van der Waals surface area contributed by atoms with Gasteiger partial charge in [0.15, 0.2) is 0 Å². The summed E-state index contributed by atoms with van der Waals surface area (Å²) < 4.78 is 0. The van der Waals surface area contributed by atoms with Gasteiger partial charge in [0, 0.05) is 0 Å². The van der Waals surface area contributed by atoms with Gasteiger partial charge in [0.1, 0.15) is 0 Å². The van der Waals surface area contributed by atoms with Gasteiger partial charge >= 0.3 is 0 Å². The van der Waals surface area contributed by atoms with E-state index in [9.17, 15) is 0 Å². The van der Waals surface area contributed by atoms with Gasteiger partial charge in [0.05, 0.1) is 0 Å². The normalized spacial score (nSPS) is 14.1. The van der Waals surface area contributed by atoms with Gasteiger partial charge in [-0.2, -0.15) is 12.6 Å². The first-order chi connectivity index (χ1) is 3.95. The molecule has 0 heterocycles. The van der Waals surface area contributed by atoms with E-state index in [1.165, 1.54) is 5.57 Å². The topological polar surface area (TPSA) is 0 Å². The zero-order valence-corrected chi connectivity index (χ0v) is 7.63. The van der Waals surface area contributed by atoms with E-state index in [-0.39, 0.29) is 0 Å². The first-order valence-electron chi connectivity index (χ1n) is 3.25. The smallest absolute Gasteiger partial charge is 0.0266 e. The highest BCUT2D eigenvalue weighted by Crippen LogP contribution is 2.23. The Morgan fingerprint density at radius 1 is 1.44 bits per heavy atom. The predicted octanol–water partition coefficient (Wildman–Crippen LogP) is 3.26. The predicted molar refractivity (Wildman–Crippen MR) is 46.8 cm³/mol. The van der Waals surface area contributed by atoms with E-state index in [4.69, 9.17) is 0 Å². The van der Waals surface area contributed by atoms with Crippen LogP contribution in [0.5, 0.6) is 0 Å². The minimum absolute atomic E-state index is 0.406. The van der Waals surface area contributed by atoms with E-state index >= 15 is 0 Å².